The highest BCUT2D eigenvalue weighted by Gasteiger charge is 2.28. The van der Waals surface area contributed by atoms with E-state index in [1.54, 1.807) is 6.20 Å². The van der Waals surface area contributed by atoms with Gasteiger partial charge in [0.25, 0.3) is 0 Å². The van der Waals surface area contributed by atoms with Crippen LogP contribution in [0.4, 0.5) is 0 Å². The van der Waals surface area contributed by atoms with E-state index >= 15 is 0 Å². The minimum atomic E-state index is -0.710. The Bertz CT molecular complexity index is 413. The summed E-state index contributed by atoms with van der Waals surface area (Å²) in [7, 11) is 0. The van der Waals surface area contributed by atoms with E-state index < -0.39 is 5.97 Å². The lowest BCUT2D eigenvalue weighted by molar-refractivity contribution is -0.144. The number of nitrogens with zero attached hydrogens (tertiary/aromatic N) is 3. The summed E-state index contributed by atoms with van der Waals surface area (Å²) in [6.45, 7) is 3.58. The second-order valence-corrected chi connectivity index (χ2v) is 5.58. The third kappa shape index (κ3) is 2.92. The lowest BCUT2D eigenvalue weighted by atomic mass is 10.0. The van der Waals surface area contributed by atoms with Crippen LogP contribution >= 0.6 is 15.9 Å². The minimum Gasteiger partial charge on any atom is -0.480 e. The van der Waals surface area contributed by atoms with Crippen LogP contribution in [0, 0.1) is 0 Å². The second kappa shape index (κ2) is 5.84. The summed E-state index contributed by atoms with van der Waals surface area (Å²) in [4.78, 5) is 13.2. The molecule has 5 nitrogen and oxygen atoms in total. The maximum atomic E-state index is 11.1. The molecule has 0 bridgehead atoms. The fraction of sp³-hybridized carbons (Fsp3) is 0.667. The third-order valence-electron chi connectivity index (χ3n) is 3.56. The van der Waals surface area contributed by atoms with Crippen molar-refractivity contribution >= 4 is 21.9 Å². The predicted molar refractivity (Wildman–Crippen MR) is 71.5 cm³/mol. The van der Waals surface area contributed by atoms with Crippen molar-refractivity contribution in [2.75, 3.05) is 13.1 Å². The van der Waals surface area contributed by atoms with Gasteiger partial charge >= 0.3 is 5.97 Å². The topological polar surface area (TPSA) is 58.4 Å². The number of hydrogen-bond acceptors (Lipinski definition) is 3. The maximum Gasteiger partial charge on any atom is 0.320 e. The highest BCUT2D eigenvalue weighted by Crippen LogP contribution is 2.25. The van der Waals surface area contributed by atoms with Crippen LogP contribution in [0.15, 0.2) is 16.9 Å². The van der Waals surface area contributed by atoms with Crippen molar-refractivity contribution in [2.24, 2.45) is 0 Å². The number of aromatic nitrogens is 2. The van der Waals surface area contributed by atoms with Gasteiger partial charge in [0.15, 0.2) is 0 Å². The van der Waals surface area contributed by atoms with E-state index in [9.17, 15) is 4.79 Å². The molecule has 100 valence electrons. The fourth-order valence-corrected chi connectivity index (χ4v) is 2.87. The average molecular weight is 316 g/mol. The number of rotatable bonds is 4. The molecule has 1 fully saturated rings. The van der Waals surface area contributed by atoms with Gasteiger partial charge in [0.05, 0.1) is 16.7 Å². The van der Waals surface area contributed by atoms with Crippen LogP contribution in [0.1, 0.15) is 32.2 Å². The number of hydrogen-bond donors (Lipinski definition) is 1. The Balaban J connectivity index is 1.93. The van der Waals surface area contributed by atoms with Crippen LogP contribution in [-0.2, 0) is 4.79 Å². The molecule has 6 heteroatoms. The smallest absolute Gasteiger partial charge is 0.320 e. The first kappa shape index (κ1) is 13.5. The average Bonchev–Trinajstić information content (AvgIpc) is 2.77. The van der Waals surface area contributed by atoms with Crippen molar-refractivity contribution in [3.8, 4) is 0 Å². The second-order valence-electron chi connectivity index (χ2n) is 4.67. The molecule has 1 aromatic rings. The first-order valence-corrected chi connectivity index (χ1v) is 7.07. The van der Waals surface area contributed by atoms with E-state index in [1.807, 2.05) is 17.8 Å². The van der Waals surface area contributed by atoms with Gasteiger partial charge in [0.1, 0.15) is 6.04 Å². The zero-order valence-corrected chi connectivity index (χ0v) is 12.0. The SMILES string of the molecule is CCC(C(=O)O)N1CCC(n2cc(Br)cn2)CC1. The highest BCUT2D eigenvalue weighted by atomic mass is 79.9. The van der Waals surface area contributed by atoms with Crippen molar-refractivity contribution in [1.29, 1.82) is 0 Å². The Morgan fingerprint density at radius 1 is 1.61 bits per heavy atom. The first-order valence-electron chi connectivity index (χ1n) is 6.28. The van der Waals surface area contributed by atoms with E-state index in [0.717, 1.165) is 30.4 Å². The van der Waals surface area contributed by atoms with Gasteiger partial charge in [-0.25, -0.2) is 0 Å². The number of carbonyl (C=O) groups is 1. The van der Waals surface area contributed by atoms with Crippen LogP contribution in [-0.4, -0.2) is 44.9 Å². The molecule has 0 radical (unpaired) electrons. The number of piperidine rings is 1. The lowest BCUT2D eigenvalue weighted by Crippen LogP contribution is -2.45. The molecular formula is C12H18BrN3O2. The molecule has 0 saturated carbocycles. The van der Waals surface area contributed by atoms with E-state index in [-0.39, 0.29) is 6.04 Å². The Morgan fingerprint density at radius 3 is 2.72 bits per heavy atom. The summed E-state index contributed by atoms with van der Waals surface area (Å²) in [6, 6.07) is 0.0501. The number of carboxylic acids is 1. The number of aliphatic carboxylic acids is 1. The lowest BCUT2D eigenvalue weighted by Gasteiger charge is -2.35. The van der Waals surface area contributed by atoms with Gasteiger partial charge < -0.3 is 5.11 Å². The molecule has 0 amide bonds. The molecule has 1 aromatic heterocycles. The van der Waals surface area contributed by atoms with Gasteiger partial charge in [0.2, 0.25) is 0 Å². The van der Waals surface area contributed by atoms with E-state index in [2.05, 4.69) is 25.9 Å². The number of halogens is 1. The normalized spacial score (nSPS) is 19.9. The molecule has 1 aliphatic heterocycles. The number of likely N-dealkylation sites (tertiary alicyclic amines) is 1. The van der Waals surface area contributed by atoms with Gasteiger partial charge in [-0.2, -0.15) is 5.10 Å². The summed E-state index contributed by atoms with van der Waals surface area (Å²) >= 11 is 3.39. The zero-order chi connectivity index (χ0) is 13.1. The monoisotopic (exact) mass is 315 g/mol. The van der Waals surface area contributed by atoms with Crippen molar-refractivity contribution in [3.05, 3.63) is 16.9 Å². The van der Waals surface area contributed by atoms with Crippen molar-refractivity contribution in [1.82, 2.24) is 14.7 Å². The molecule has 1 saturated heterocycles. The number of carboxylic acid groups (broad SMARTS) is 1. The molecule has 2 rings (SSSR count). The fourth-order valence-electron chi connectivity index (χ4n) is 2.57. The van der Waals surface area contributed by atoms with E-state index in [4.69, 9.17) is 5.11 Å². The minimum absolute atomic E-state index is 0.338. The largest absolute Gasteiger partial charge is 0.480 e. The molecule has 18 heavy (non-hydrogen) atoms. The highest BCUT2D eigenvalue weighted by molar-refractivity contribution is 9.10. The van der Waals surface area contributed by atoms with Gasteiger partial charge in [0, 0.05) is 19.3 Å². The molecule has 1 unspecified atom stereocenters. The summed E-state index contributed by atoms with van der Waals surface area (Å²) in [6.07, 6.45) is 6.34. The molecule has 0 spiro atoms. The predicted octanol–water partition coefficient (Wildman–Crippen LogP) is 2.15. The molecule has 0 aliphatic carbocycles. The third-order valence-corrected chi connectivity index (χ3v) is 3.97. The first-order chi connectivity index (χ1) is 8.61. The zero-order valence-electron chi connectivity index (χ0n) is 10.4. The molecule has 1 N–H and O–H groups in total. The van der Waals surface area contributed by atoms with Gasteiger partial charge in [-0.15, -0.1) is 0 Å². The maximum absolute atomic E-state index is 11.1. The summed E-state index contributed by atoms with van der Waals surface area (Å²) in [5, 5.41) is 13.4. The van der Waals surface area contributed by atoms with Crippen molar-refractivity contribution < 1.29 is 9.90 Å². The Hall–Kier alpha value is -0.880. The molecular weight excluding hydrogens is 298 g/mol. The molecule has 2 heterocycles. The van der Waals surface area contributed by atoms with Crippen LogP contribution in [0.3, 0.4) is 0 Å². The Kier molecular flexibility index (Phi) is 4.40. The Labute approximate surface area is 115 Å². The van der Waals surface area contributed by atoms with Gasteiger partial charge in [-0.05, 0) is 35.2 Å². The molecule has 0 aromatic carbocycles. The van der Waals surface area contributed by atoms with Crippen LogP contribution < -0.4 is 0 Å². The van der Waals surface area contributed by atoms with Gasteiger partial charge in [-0.1, -0.05) is 6.92 Å². The van der Waals surface area contributed by atoms with Crippen LogP contribution in [0.5, 0.6) is 0 Å². The van der Waals surface area contributed by atoms with Crippen molar-refractivity contribution in [3.63, 3.8) is 0 Å². The molecule has 1 atom stereocenters. The van der Waals surface area contributed by atoms with E-state index in [0.29, 0.717) is 12.5 Å². The quantitative estimate of drug-likeness (QED) is 0.925. The van der Waals surface area contributed by atoms with Crippen molar-refractivity contribution in [2.45, 2.75) is 38.3 Å². The molecule has 1 aliphatic rings. The standard InChI is InChI=1S/C12H18BrN3O2/c1-2-11(12(17)18)15-5-3-10(4-6-15)16-8-9(13)7-14-16/h7-8,10-11H,2-6H2,1H3,(H,17,18). The van der Waals surface area contributed by atoms with Crippen LogP contribution in [0.2, 0.25) is 0 Å². The summed E-state index contributed by atoms with van der Waals surface area (Å²) in [5.74, 6) is -0.710. The summed E-state index contributed by atoms with van der Waals surface area (Å²) < 4.78 is 2.96. The Morgan fingerprint density at radius 2 is 2.28 bits per heavy atom. The van der Waals surface area contributed by atoms with E-state index in [1.165, 1.54) is 0 Å². The van der Waals surface area contributed by atoms with Crippen LogP contribution in [0.25, 0.3) is 0 Å². The van der Waals surface area contributed by atoms with Gasteiger partial charge in [-0.3, -0.25) is 14.4 Å². The summed E-state index contributed by atoms with van der Waals surface area (Å²) in [5.41, 5.74) is 0.